The van der Waals surface area contributed by atoms with Gasteiger partial charge in [-0.3, -0.25) is 0 Å². The highest BCUT2D eigenvalue weighted by molar-refractivity contribution is 5.38. The van der Waals surface area contributed by atoms with Gasteiger partial charge in [0.25, 0.3) is 0 Å². The summed E-state index contributed by atoms with van der Waals surface area (Å²) >= 11 is 0. The fourth-order valence-electron chi connectivity index (χ4n) is 4.76. The average Bonchev–Trinajstić information content (AvgIpc) is 3.28. The van der Waals surface area contributed by atoms with E-state index in [0.717, 1.165) is 41.7 Å². The molecule has 2 fully saturated rings. The molecule has 2 aliphatic rings. The fraction of sp³-hybridized carbons (Fsp3) is 0.538. The quantitative estimate of drug-likeness (QED) is 0.503. The standard InChI is InChI=1S/C26H34O7/c1-15-3-6-17(26-25(30)24(29)23(28)22(14-27)33-26)12-18(15)11-16-4-7-19(8-5-16)32-21-10-9-20(13-21)31-2/h3-8,12,20-30H,9-11,13-14H2,1-2H3/t20-,21+,22+,23+,24-,25+,26-/m0/s1. The van der Waals surface area contributed by atoms with Crippen molar-refractivity contribution in [2.45, 2.75) is 75.3 Å². The van der Waals surface area contributed by atoms with Crippen LogP contribution in [0.3, 0.4) is 0 Å². The first kappa shape index (κ1) is 24.1. The highest BCUT2D eigenvalue weighted by atomic mass is 16.5. The van der Waals surface area contributed by atoms with Crippen molar-refractivity contribution in [1.29, 1.82) is 0 Å². The van der Waals surface area contributed by atoms with Gasteiger partial charge in [0, 0.05) is 13.5 Å². The molecule has 4 N–H and O–H groups in total. The first-order valence-electron chi connectivity index (χ1n) is 11.6. The molecule has 0 amide bonds. The molecule has 2 aromatic rings. The minimum absolute atomic E-state index is 0.193. The van der Waals surface area contributed by atoms with Gasteiger partial charge in [0.1, 0.15) is 42.4 Å². The Kier molecular flexibility index (Phi) is 7.69. The lowest BCUT2D eigenvalue weighted by atomic mass is 9.89. The predicted molar refractivity (Wildman–Crippen MR) is 122 cm³/mol. The Bertz CT molecular complexity index is 913. The van der Waals surface area contributed by atoms with Gasteiger partial charge in [0.2, 0.25) is 0 Å². The maximum Gasteiger partial charge on any atom is 0.119 e. The van der Waals surface area contributed by atoms with Crippen LogP contribution in [0, 0.1) is 6.92 Å². The lowest BCUT2D eigenvalue weighted by molar-refractivity contribution is -0.231. The zero-order chi connectivity index (χ0) is 23.5. The van der Waals surface area contributed by atoms with Crippen LogP contribution in [-0.4, -0.2) is 70.8 Å². The summed E-state index contributed by atoms with van der Waals surface area (Å²) in [5.74, 6) is 0.854. The molecular weight excluding hydrogens is 424 g/mol. The molecule has 1 aliphatic heterocycles. The molecule has 0 spiro atoms. The summed E-state index contributed by atoms with van der Waals surface area (Å²) in [6.07, 6.45) is -1.69. The molecule has 7 atom stereocenters. The van der Waals surface area contributed by atoms with Gasteiger partial charge in [0.05, 0.1) is 12.7 Å². The first-order chi connectivity index (χ1) is 15.9. The minimum atomic E-state index is -1.39. The van der Waals surface area contributed by atoms with E-state index >= 15 is 0 Å². The number of benzene rings is 2. The van der Waals surface area contributed by atoms with Crippen LogP contribution in [0.5, 0.6) is 5.75 Å². The number of rotatable bonds is 7. The van der Waals surface area contributed by atoms with Crippen molar-refractivity contribution in [2.75, 3.05) is 13.7 Å². The Balaban J connectivity index is 1.45. The van der Waals surface area contributed by atoms with Gasteiger partial charge in [-0.05, 0) is 60.6 Å². The molecule has 1 saturated carbocycles. The van der Waals surface area contributed by atoms with Crippen molar-refractivity contribution in [2.24, 2.45) is 0 Å². The van der Waals surface area contributed by atoms with Crippen LogP contribution >= 0.6 is 0 Å². The average molecular weight is 459 g/mol. The van der Waals surface area contributed by atoms with Crippen molar-refractivity contribution in [3.63, 3.8) is 0 Å². The topological polar surface area (TPSA) is 109 Å². The molecule has 1 aliphatic carbocycles. The monoisotopic (exact) mass is 458 g/mol. The molecule has 4 rings (SSSR count). The molecule has 0 aromatic heterocycles. The molecule has 1 heterocycles. The lowest BCUT2D eigenvalue weighted by Gasteiger charge is -2.40. The summed E-state index contributed by atoms with van der Waals surface area (Å²) in [4.78, 5) is 0. The predicted octanol–water partition coefficient (Wildman–Crippen LogP) is 2.05. The number of hydrogen-bond acceptors (Lipinski definition) is 7. The van der Waals surface area contributed by atoms with Crippen LogP contribution in [-0.2, 0) is 15.9 Å². The van der Waals surface area contributed by atoms with Crippen LogP contribution in [0.2, 0.25) is 0 Å². The van der Waals surface area contributed by atoms with Crippen molar-refractivity contribution in [3.8, 4) is 5.75 Å². The van der Waals surface area contributed by atoms with Gasteiger partial charge in [-0.1, -0.05) is 30.3 Å². The van der Waals surface area contributed by atoms with Crippen LogP contribution < -0.4 is 4.74 Å². The number of ether oxygens (including phenoxy) is 3. The summed E-state index contributed by atoms with van der Waals surface area (Å²) in [7, 11) is 1.75. The van der Waals surface area contributed by atoms with Gasteiger partial charge in [-0.2, -0.15) is 0 Å². The third-order valence-electron chi connectivity index (χ3n) is 6.88. The molecule has 1 saturated heterocycles. The van der Waals surface area contributed by atoms with Crippen molar-refractivity contribution in [1.82, 2.24) is 0 Å². The second kappa shape index (κ2) is 10.5. The number of aliphatic hydroxyl groups is 4. The Morgan fingerprint density at radius 1 is 0.939 bits per heavy atom. The maximum atomic E-state index is 10.5. The second-order valence-corrected chi connectivity index (χ2v) is 9.17. The first-order valence-corrected chi connectivity index (χ1v) is 11.6. The number of methoxy groups -OCH3 is 1. The summed E-state index contributed by atoms with van der Waals surface area (Å²) in [5, 5.41) is 40.1. The van der Waals surface area contributed by atoms with E-state index in [4.69, 9.17) is 14.2 Å². The van der Waals surface area contributed by atoms with Crippen molar-refractivity contribution in [3.05, 3.63) is 64.7 Å². The number of hydrogen-bond donors (Lipinski definition) is 4. The number of aryl methyl sites for hydroxylation is 1. The molecule has 33 heavy (non-hydrogen) atoms. The Morgan fingerprint density at radius 3 is 2.33 bits per heavy atom. The van der Waals surface area contributed by atoms with E-state index in [9.17, 15) is 20.4 Å². The molecule has 0 unspecified atom stereocenters. The van der Waals surface area contributed by atoms with Crippen LogP contribution in [0.4, 0.5) is 0 Å². The Labute approximate surface area is 194 Å². The molecule has 7 heteroatoms. The second-order valence-electron chi connectivity index (χ2n) is 9.17. The smallest absolute Gasteiger partial charge is 0.119 e. The normalized spacial score (nSPS) is 32.1. The Hall–Kier alpha value is -2.00. The number of aliphatic hydroxyl groups excluding tert-OH is 4. The van der Waals surface area contributed by atoms with Gasteiger partial charge in [0.15, 0.2) is 0 Å². The maximum absolute atomic E-state index is 10.5. The molecular formula is C26H34O7. The van der Waals surface area contributed by atoms with Gasteiger partial charge in [-0.25, -0.2) is 0 Å². The van der Waals surface area contributed by atoms with Gasteiger partial charge >= 0.3 is 0 Å². The van der Waals surface area contributed by atoms with Crippen molar-refractivity contribution >= 4 is 0 Å². The van der Waals surface area contributed by atoms with E-state index in [0.29, 0.717) is 12.0 Å². The molecule has 0 bridgehead atoms. The van der Waals surface area contributed by atoms with Gasteiger partial charge in [-0.15, -0.1) is 0 Å². The molecule has 2 aromatic carbocycles. The molecule has 7 nitrogen and oxygen atoms in total. The highest BCUT2D eigenvalue weighted by Crippen LogP contribution is 2.34. The summed E-state index contributed by atoms with van der Waals surface area (Å²) in [6.45, 7) is 1.58. The SMILES string of the molecule is CO[C@H]1CC[C@@H](Oc2ccc(Cc3cc([C@@H]4O[C@H](CO)[C@@H](O)[C@H](O)[C@H]4O)ccc3C)cc2)C1. The summed E-state index contributed by atoms with van der Waals surface area (Å²) in [6, 6.07) is 13.8. The minimum Gasteiger partial charge on any atom is -0.490 e. The molecule has 180 valence electrons. The largest absolute Gasteiger partial charge is 0.490 e. The van der Waals surface area contributed by atoms with E-state index in [-0.39, 0.29) is 12.2 Å². The summed E-state index contributed by atoms with van der Waals surface area (Å²) in [5.41, 5.74) is 3.98. The van der Waals surface area contributed by atoms with Crippen molar-refractivity contribution < 1.29 is 34.6 Å². The van der Waals surface area contributed by atoms with E-state index < -0.39 is 37.1 Å². The zero-order valence-electron chi connectivity index (χ0n) is 19.1. The molecule has 0 radical (unpaired) electrons. The highest BCUT2D eigenvalue weighted by Gasteiger charge is 2.44. The van der Waals surface area contributed by atoms with E-state index in [2.05, 4.69) is 12.1 Å². The van der Waals surface area contributed by atoms with E-state index in [1.54, 1.807) is 7.11 Å². The van der Waals surface area contributed by atoms with Crippen LogP contribution in [0.1, 0.15) is 47.6 Å². The van der Waals surface area contributed by atoms with Gasteiger partial charge < -0.3 is 34.6 Å². The van der Waals surface area contributed by atoms with Crippen LogP contribution in [0.25, 0.3) is 0 Å². The zero-order valence-corrected chi connectivity index (χ0v) is 19.1. The third kappa shape index (κ3) is 5.40. The van der Waals surface area contributed by atoms with E-state index in [1.165, 1.54) is 0 Å². The van der Waals surface area contributed by atoms with E-state index in [1.807, 2.05) is 37.3 Å². The third-order valence-corrected chi connectivity index (χ3v) is 6.88. The van der Waals surface area contributed by atoms with Crippen LogP contribution in [0.15, 0.2) is 42.5 Å². The summed E-state index contributed by atoms with van der Waals surface area (Å²) < 4.78 is 17.2. The fourth-order valence-corrected chi connectivity index (χ4v) is 4.76. The lowest BCUT2D eigenvalue weighted by Crippen LogP contribution is -2.55. The Morgan fingerprint density at radius 2 is 1.67 bits per heavy atom.